The van der Waals surface area contributed by atoms with Gasteiger partial charge in [0.2, 0.25) is 0 Å². The van der Waals surface area contributed by atoms with Gasteiger partial charge in [0.1, 0.15) is 5.75 Å². The van der Waals surface area contributed by atoms with Crippen molar-refractivity contribution in [2.45, 2.75) is 25.5 Å². The number of likely N-dealkylation sites (N-methyl/N-ethyl adjacent to an activating group) is 1. The zero-order valence-electron chi connectivity index (χ0n) is 9.53. The topological polar surface area (TPSA) is 41.5 Å². The molecule has 1 aromatic carbocycles. The Morgan fingerprint density at radius 1 is 1.47 bits per heavy atom. The highest BCUT2D eigenvalue weighted by atomic mass is 16.5. The summed E-state index contributed by atoms with van der Waals surface area (Å²) in [4.78, 5) is 0. The number of methoxy groups -OCH3 is 1. The lowest BCUT2D eigenvalue weighted by atomic mass is 10.0. The normalized spacial score (nSPS) is 14.9. The van der Waals surface area contributed by atoms with Gasteiger partial charge in [-0.15, -0.1) is 0 Å². The van der Waals surface area contributed by atoms with Crippen molar-refractivity contribution in [3.63, 3.8) is 0 Å². The molecule has 0 spiro atoms. The molecule has 0 saturated heterocycles. The van der Waals surface area contributed by atoms with Crippen LogP contribution in [0.15, 0.2) is 24.3 Å². The van der Waals surface area contributed by atoms with Crippen molar-refractivity contribution in [3.05, 3.63) is 29.8 Å². The average Bonchev–Trinajstić information content (AvgIpc) is 2.25. The smallest absolute Gasteiger partial charge is 0.115 e. The molecule has 0 aromatic heterocycles. The summed E-state index contributed by atoms with van der Waals surface area (Å²) in [6.45, 7) is 2.03. The number of benzene rings is 1. The van der Waals surface area contributed by atoms with E-state index in [4.69, 9.17) is 4.74 Å². The van der Waals surface area contributed by atoms with Crippen molar-refractivity contribution in [2.24, 2.45) is 0 Å². The first-order valence-corrected chi connectivity index (χ1v) is 5.15. The van der Waals surface area contributed by atoms with Crippen LogP contribution in [0.25, 0.3) is 0 Å². The number of hydrogen-bond acceptors (Lipinski definition) is 3. The van der Waals surface area contributed by atoms with Crippen LogP contribution in [-0.4, -0.2) is 31.4 Å². The lowest BCUT2D eigenvalue weighted by molar-refractivity contribution is 0.0857. The fraction of sp³-hybridized carbons (Fsp3) is 0.500. The molecule has 0 heterocycles. The molecule has 0 fully saturated rings. The molecule has 2 unspecified atom stereocenters. The van der Waals surface area contributed by atoms with E-state index < -0.39 is 0 Å². The Bertz CT molecular complexity index is 301. The monoisotopic (exact) mass is 209 g/mol. The average molecular weight is 209 g/mol. The fourth-order valence-electron chi connectivity index (χ4n) is 1.60. The molecule has 0 amide bonds. The van der Waals surface area contributed by atoms with Gasteiger partial charge in [0.15, 0.2) is 0 Å². The van der Waals surface area contributed by atoms with Crippen LogP contribution in [0.4, 0.5) is 0 Å². The van der Waals surface area contributed by atoms with Crippen molar-refractivity contribution in [1.82, 2.24) is 5.32 Å². The number of rotatable bonds is 5. The van der Waals surface area contributed by atoms with Gasteiger partial charge in [0, 0.05) is 13.2 Å². The van der Waals surface area contributed by atoms with Gasteiger partial charge in [-0.3, -0.25) is 0 Å². The first-order valence-electron chi connectivity index (χ1n) is 5.15. The summed E-state index contributed by atoms with van der Waals surface area (Å²) in [6, 6.07) is 7.59. The van der Waals surface area contributed by atoms with Gasteiger partial charge in [-0.05, 0) is 38.1 Å². The van der Waals surface area contributed by atoms with E-state index in [0.29, 0.717) is 5.75 Å². The summed E-state index contributed by atoms with van der Waals surface area (Å²) in [5, 5.41) is 12.6. The van der Waals surface area contributed by atoms with Crippen LogP contribution in [0.2, 0.25) is 0 Å². The van der Waals surface area contributed by atoms with E-state index in [-0.39, 0.29) is 12.1 Å². The summed E-state index contributed by atoms with van der Waals surface area (Å²) in [5.41, 5.74) is 1.11. The Morgan fingerprint density at radius 3 is 2.73 bits per heavy atom. The van der Waals surface area contributed by atoms with Crippen LogP contribution in [0, 0.1) is 0 Å². The Morgan fingerprint density at radius 2 is 2.20 bits per heavy atom. The minimum absolute atomic E-state index is 0.150. The van der Waals surface area contributed by atoms with Crippen molar-refractivity contribution >= 4 is 0 Å². The second-order valence-electron chi connectivity index (χ2n) is 3.71. The van der Waals surface area contributed by atoms with E-state index in [2.05, 4.69) is 5.32 Å². The van der Waals surface area contributed by atoms with Gasteiger partial charge in [0.05, 0.1) is 6.10 Å². The quantitative estimate of drug-likeness (QED) is 0.773. The maximum Gasteiger partial charge on any atom is 0.115 e. The Balaban J connectivity index is 2.66. The molecule has 0 saturated carbocycles. The molecule has 0 aliphatic carbocycles. The van der Waals surface area contributed by atoms with Crippen molar-refractivity contribution in [1.29, 1.82) is 0 Å². The molecular formula is C12H19NO2. The zero-order chi connectivity index (χ0) is 11.3. The number of phenols is 1. The molecule has 3 nitrogen and oxygen atoms in total. The van der Waals surface area contributed by atoms with Crippen molar-refractivity contribution in [3.8, 4) is 5.75 Å². The molecule has 15 heavy (non-hydrogen) atoms. The van der Waals surface area contributed by atoms with Gasteiger partial charge in [-0.25, -0.2) is 0 Å². The number of aromatic hydroxyl groups is 1. The molecule has 2 N–H and O–H groups in total. The summed E-state index contributed by atoms with van der Waals surface area (Å²) >= 11 is 0. The van der Waals surface area contributed by atoms with Gasteiger partial charge < -0.3 is 15.2 Å². The Hall–Kier alpha value is -1.06. The predicted molar refractivity (Wildman–Crippen MR) is 61.1 cm³/mol. The number of hydrogen-bond donors (Lipinski definition) is 2. The van der Waals surface area contributed by atoms with Crippen LogP contribution in [-0.2, 0) is 11.2 Å². The van der Waals surface area contributed by atoms with Crippen LogP contribution in [0.3, 0.4) is 0 Å². The SMILES string of the molecule is CNC(Cc1cccc(O)c1)C(C)OC. The molecule has 2 atom stereocenters. The summed E-state index contributed by atoms with van der Waals surface area (Å²) in [7, 11) is 3.63. The maximum absolute atomic E-state index is 9.34. The largest absolute Gasteiger partial charge is 0.508 e. The van der Waals surface area contributed by atoms with Gasteiger partial charge in [-0.1, -0.05) is 12.1 Å². The van der Waals surface area contributed by atoms with Gasteiger partial charge in [-0.2, -0.15) is 0 Å². The van der Waals surface area contributed by atoms with Gasteiger partial charge >= 0.3 is 0 Å². The summed E-state index contributed by atoms with van der Waals surface area (Å²) in [6.07, 6.45) is 0.997. The van der Waals surface area contributed by atoms with Crippen LogP contribution < -0.4 is 5.32 Å². The number of phenolic OH excluding ortho intramolecular Hbond substituents is 1. The molecule has 0 aliphatic rings. The Kier molecular flexibility index (Phi) is 4.59. The van der Waals surface area contributed by atoms with E-state index in [1.165, 1.54) is 0 Å². The lowest BCUT2D eigenvalue weighted by Gasteiger charge is -2.22. The third kappa shape index (κ3) is 3.53. The number of nitrogens with one attached hydrogen (secondary N) is 1. The molecular weight excluding hydrogens is 190 g/mol. The lowest BCUT2D eigenvalue weighted by Crippen LogP contribution is -2.38. The molecule has 0 radical (unpaired) electrons. The summed E-state index contributed by atoms with van der Waals surface area (Å²) in [5.74, 6) is 0.312. The van der Waals surface area contributed by atoms with Crippen LogP contribution in [0.1, 0.15) is 12.5 Å². The second-order valence-corrected chi connectivity index (χ2v) is 3.71. The van der Waals surface area contributed by atoms with Crippen LogP contribution in [0.5, 0.6) is 5.75 Å². The highest BCUT2D eigenvalue weighted by Gasteiger charge is 2.15. The minimum Gasteiger partial charge on any atom is -0.508 e. The first-order chi connectivity index (χ1) is 7.17. The second kappa shape index (κ2) is 5.73. The predicted octanol–water partition coefficient (Wildman–Crippen LogP) is 1.56. The fourth-order valence-corrected chi connectivity index (χ4v) is 1.60. The molecule has 0 aliphatic heterocycles. The third-order valence-corrected chi connectivity index (χ3v) is 2.68. The van der Waals surface area contributed by atoms with E-state index in [9.17, 15) is 5.11 Å². The maximum atomic E-state index is 9.34. The van der Waals surface area contributed by atoms with Crippen molar-refractivity contribution in [2.75, 3.05) is 14.2 Å². The van der Waals surface area contributed by atoms with Crippen LogP contribution >= 0.6 is 0 Å². The number of ether oxygens (including phenoxy) is 1. The minimum atomic E-state index is 0.150. The molecule has 1 aromatic rings. The van der Waals surface area contributed by atoms with Crippen molar-refractivity contribution < 1.29 is 9.84 Å². The van der Waals surface area contributed by atoms with E-state index in [0.717, 1.165) is 12.0 Å². The highest BCUT2D eigenvalue weighted by molar-refractivity contribution is 5.27. The van der Waals surface area contributed by atoms with Gasteiger partial charge in [0.25, 0.3) is 0 Å². The highest BCUT2D eigenvalue weighted by Crippen LogP contribution is 2.14. The van der Waals surface area contributed by atoms with E-state index >= 15 is 0 Å². The standard InChI is InChI=1S/C12H19NO2/c1-9(15-3)12(13-2)8-10-5-4-6-11(14)7-10/h4-7,9,12-14H,8H2,1-3H3. The van der Waals surface area contributed by atoms with E-state index in [1.807, 2.05) is 26.1 Å². The molecule has 84 valence electrons. The van der Waals surface area contributed by atoms with E-state index in [1.54, 1.807) is 19.2 Å². The molecule has 1 rings (SSSR count). The molecule has 3 heteroatoms. The third-order valence-electron chi connectivity index (χ3n) is 2.68. The molecule has 0 bridgehead atoms. The zero-order valence-corrected chi connectivity index (χ0v) is 9.53. The first kappa shape index (κ1) is 12.0. The summed E-state index contributed by atoms with van der Waals surface area (Å²) < 4.78 is 5.28. The Labute approximate surface area is 91.1 Å².